The second-order valence-corrected chi connectivity index (χ2v) is 9.94. The monoisotopic (exact) mass is 453 g/mol. The fourth-order valence-electron chi connectivity index (χ4n) is 2.79. The summed E-state index contributed by atoms with van der Waals surface area (Å²) >= 11 is 0. The molecule has 2 rings (SSSR count). The van der Waals surface area contributed by atoms with Crippen LogP contribution in [0.2, 0.25) is 0 Å². The molecular weight excluding hydrogens is 408 g/mol. The van der Waals surface area contributed by atoms with Gasteiger partial charge in [-0.2, -0.15) is 0 Å². The summed E-state index contributed by atoms with van der Waals surface area (Å²) in [5.41, 5.74) is 2.29. The maximum absolute atomic E-state index is 12.1. The van der Waals surface area contributed by atoms with Crippen LogP contribution in [0.15, 0.2) is 23.2 Å². The minimum absolute atomic E-state index is 0.0104. The van der Waals surface area contributed by atoms with E-state index < -0.39 is 24.4 Å². The van der Waals surface area contributed by atoms with E-state index in [-0.39, 0.29) is 12.2 Å². The lowest BCUT2D eigenvalue weighted by atomic mass is 9.87. The molecule has 0 unspecified atom stereocenters. The van der Waals surface area contributed by atoms with Crippen LogP contribution in [0.5, 0.6) is 0 Å². The SMILES string of the molecule is CC1CCC1.CCC(=O)CC(C)(CF)CF.CCC(C)=Nc1ccc(C(C)(C)O)cc1C. The van der Waals surface area contributed by atoms with Crippen LogP contribution in [0.25, 0.3) is 0 Å². The number of alkyl halides is 2. The summed E-state index contributed by atoms with van der Waals surface area (Å²) in [5, 5.41) is 9.90. The number of hydrogen-bond acceptors (Lipinski definition) is 3. The van der Waals surface area contributed by atoms with Crippen molar-refractivity contribution in [3.8, 4) is 0 Å². The number of aliphatic hydroxyl groups is 1. The number of benzene rings is 1. The van der Waals surface area contributed by atoms with Crippen LogP contribution in [0.4, 0.5) is 14.5 Å². The Kier molecular flexibility index (Phi) is 13.8. The fraction of sp³-hybridized carbons (Fsp3) is 0.704. The number of aliphatic imine (C=N–C) groups is 1. The van der Waals surface area contributed by atoms with Gasteiger partial charge in [-0.1, -0.05) is 59.1 Å². The molecule has 5 heteroatoms. The molecule has 0 spiro atoms. The first kappa shape index (κ1) is 30.4. The Morgan fingerprint density at radius 3 is 1.97 bits per heavy atom. The minimum Gasteiger partial charge on any atom is -0.386 e. The molecule has 1 aromatic carbocycles. The van der Waals surface area contributed by atoms with Gasteiger partial charge in [0.2, 0.25) is 0 Å². The van der Waals surface area contributed by atoms with E-state index in [0.717, 1.165) is 34.9 Å². The third-order valence-corrected chi connectivity index (χ3v) is 5.78. The van der Waals surface area contributed by atoms with Gasteiger partial charge in [0.05, 0.1) is 24.6 Å². The van der Waals surface area contributed by atoms with Gasteiger partial charge in [-0.15, -0.1) is 0 Å². The van der Waals surface area contributed by atoms with Crippen LogP contribution in [0.1, 0.15) is 98.1 Å². The normalized spacial score (nSPS) is 14.5. The first-order valence-electron chi connectivity index (χ1n) is 11.8. The van der Waals surface area contributed by atoms with Crippen molar-refractivity contribution in [2.45, 2.75) is 99.5 Å². The average Bonchev–Trinajstić information content (AvgIpc) is 2.73. The molecule has 3 nitrogen and oxygen atoms in total. The lowest BCUT2D eigenvalue weighted by Crippen LogP contribution is -2.25. The van der Waals surface area contributed by atoms with E-state index in [1.54, 1.807) is 20.8 Å². The summed E-state index contributed by atoms with van der Waals surface area (Å²) in [6.07, 6.45) is 5.79. The van der Waals surface area contributed by atoms with E-state index in [2.05, 4.69) is 18.8 Å². The van der Waals surface area contributed by atoms with Gasteiger partial charge >= 0.3 is 0 Å². The predicted molar refractivity (Wildman–Crippen MR) is 132 cm³/mol. The van der Waals surface area contributed by atoms with Gasteiger partial charge in [0.15, 0.2) is 0 Å². The molecule has 0 aromatic heterocycles. The maximum atomic E-state index is 12.1. The topological polar surface area (TPSA) is 49.7 Å². The zero-order valence-electron chi connectivity index (χ0n) is 21.5. The number of hydrogen-bond donors (Lipinski definition) is 1. The quantitative estimate of drug-likeness (QED) is 0.408. The highest BCUT2D eigenvalue weighted by Crippen LogP contribution is 2.27. The van der Waals surface area contributed by atoms with E-state index in [0.29, 0.717) is 6.42 Å². The van der Waals surface area contributed by atoms with Gasteiger partial charge in [0.1, 0.15) is 5.78 Å². The van der Waals surface area contributed by atoms with Crippen LogP contribution < -0.4 is 0 Å². The van der Waals surface area contributed by atoms with E-state index in [1.165, 1.54) is 26.2 Å². The molecular formula is C27H45F2NO2. The van der Waals surface area contributed by atoms with Crippen molar-refractivity contribution >= 4 is 17.2 Å². The first-order chi connectivity index (χ1) is 14.8. The molecule has 0 heterocycles. The molecule has 1 N–H and O–H groups in total. The van der Waals surface area contributed by atoms with Gasteiger partial charge in [-0.3, -0.25) is 18.6 Å². The van der Waals surface area contributed by atoms with Crippen molar-refractivity contribution < 1.29 is 18.7 Å². The van der Waals surface area contributed by atoms with Crippen LogP contribution in [0, 0.1) is 18.3 Å². The fourth-order valence-corrected chi connectivity index (χ4v) is 2.79. The second-order valence-electron chi connectivity index (χ2n) is 9.94. The summed E-state index contributed by atoms with van der Waals surface area (Å²) < 4.78 is 24.3. The molecule has 1 saturated carbocycles. The van der Waals surface area contributed by atoms with E-state index in [1.807, 2.05) is 32.0 Å². The number of rotatable bonds is 8. The maximum Gasteiger partial charge on any atom is 0.133 e. The number of carbonyl (C=O) groups is 1. The smallest absolute Gasteiger partial charge is 0.133 e. The standard InChI is InChI=1S/C14H21NO.C8H14F2O.C5H10/c1-6-11(3)15-13-8-7-12(9-10(13)2)14(4,5)16;1-3-7(11)4-8(2,5-9)6-10;1-5-3-2-4-5/h7-9,16H,6H2,1-5H3;3-6H2,1-2H3;5H,2-4H2,1H3. The predicted octanol–water partition coefficient (Wildman–Crippen LogP) is 7.83. The van der Waals surface area contributed by atoms with E-state index in [4.69, 9.17) is 0 Å². The molecule has 1 fully saturated rings. The highest BCUT2D eigenvalue weighted by molar-refractivity contribution is 5.84. The molecule has 0 aliphatic heterocycles. The zero-order chi connectivity index (χ0) is 24.9. The lowest BCUT2D eigenvalue weighted by molar-refractivity contribution is -0.121. The number of Topliss-reactive ketones (excluding diaryl/α,β-unsaturated/α-hetero) is 1. The van der Waals surface area contributed by atoms with Gasteiger partial charge in [-0.05, 0) is 57.2 Å². The summed E-state index contributed by atoms with van der Waals surface area (Å²) in [4.78, 5) is 15.3. The van der Waals surface area contributed by atoms with Crippen molar-refractivity contribution in [1.29, 1.82) is 0 Å². The summed E-state index contributed by atoms with van der Waals surface area (Å²) in [6, 6.07) is 5.92. The number of nitrogens with zero attached hydrogens (tertiary/aromatic N) is 1. The minimum atomic E-state index is -1.08. The molecule has 184 valence electrons. The van der Waals surface area contributed by atoms with Crippen molar-refractivity contribution in [3.05, 3.63) is 29.3 Å². The van der Waals surface area contributed by atoms with Crippen LogP contribution in [-0.2, 0) is 10.4 Å². The molecule has 1 aromatic rings. The van der Waals surface area contributed by atoms with Crippen LogP contribution in [-0.4, -0.2) is 30.0 Å². The number of ketones is 1. The second kappa shape index (κ2) is 14.5. The Bertz CT molecular complexity index is 715. The van der Waals surface area contributed by atoms with Crippen molar-refractivity contribution in [1.82, 2.24) is 0 Å². The molecule has 0 atom stereocenters. The molecule has 0 saturated heterocycles. The Labute approximate surface area is 194 Å². The zero-order valence-corrected chi connectivity index (χ0v) is 21.5. The Balaban J connectivity index is 0.000000515. The summed E-state index contributed by atoms with van der Waals surface area (Å²) in [7, 11) is 0. The van der Waals surface area contributed by atoms with Gasteiger partial charge < -0.3 is 5.11 Å². The largest absolute Gasteiger partial charge is 0.386 e. The molecule has 0 radical (unpaired) electrons. The van der Waals surface area contributed by atoms with E-state index in [9.17, 15) is 18.7 Å². The Morgan fingerprint density at radius 1 is 1.12 bits per heavy atom. The van der Waals surface area contributed by atoms with Gasteiger partial charge in [0.25, 0.3) is 0 Å². The molecule has 32 heavy (non-hydrogen) atoms. The lowest BCUT2D eigenvalue weighted by Gasteiger charge is -2.20. The molecule has 1 aliphatic rings. The third kappa shape index (κ3) is 11.8. The Morgan fingerprint density at radius 2 is 1.66 bits per heavy atom. The average molecular weight is 454 g/mol. The van der Waals surface area contributed by atoms with Gasteiger partial charge in [0, 0.05) is 24.0 Å². The molecule has 0 amide bonds. The highest BCUT2D eigenvalue weighted by atomic mass is 19.1. The summed E-state index contributed by atoms with van der Waals surface area (Å²) in [6.45, 7) is 13.7. The number of halogens is 2. The van der Waals surface area contributed by atoms with Crippen molar-refractivity contribution in [2.24, 2.45) is 16.3 Å². The summed E-state index contributed by atoms with van der Waals surface area (Å²) in [5.74, 6) is 0.984. The van der Waals surface area contributed by atoms with Crippen molar-refractivity contribution in [3.63, 3.8) is 0 Å². The first-order valence-corrected chi connectivity index (χ1v) is 11.8. The van der Waals surface area contributed by atoms with Gasteiger partial charge in [-0.25, -0.2) is 0 Å². The third-order valence-electron chi connectivity index (χ3n) is 5.78. The number of aryl methyl sites for hydroxylation is 1. The molecule has 1 aliphatic carbocycles. The molecule has 0 bridgehead atoms. The highest BCUT2D eigenvalue weighted by Gasteiger charge is 2.26. The number of carbonyl (C=O) groups excluding carboxylic acids is 1. The Hall–Kier alpha value is -1.62. The van der Waals surface area contributed by atoms with Crippen molar-refractivity contribution in [2.75, 3.05) is 13.3 Å². The van der Waals surface area contributed by atoms with Crippen LogP contribution in [0.3, 0.4) is 0 Å². The van der Waals surface area contributed by atoms with E-state index >= 15 is 0 Å². The van der Waals surface area contributed by atoms with Crippen LogP contribution >= 0.6 is 0 Å².